The van der Waals surface area contributed by atoms with Crippen LogP contribution in [0.2, 0.25) is 0 Å². The van der Waals surface area contributed by atoms with Gasteiger partial charge in [0.15, 0.2) is 9.84 Å². The van der Waals surface area contributed by atoms with E-state index < -0.39 is 20.8 Å². The molecule has 5 nitrogen and oxygen atoms in total. The Hall–Kier alpha value is -0.270. The van der Waals surface area contributed by atoms with Crippen molar-refractivity contribution >= 4 is 27.5 Å². The van der Waals surface area contributed by atoms with Crippen LogP contribution in [0, 0.1) is 0 Å². The van der Waals surface area contributed by atoms with Crippen molar-refractivity contribution in [3.8, 4) is 0 Å². The highest BCUT2D eigenvalue weighted by atomic mass is 32.2. The third-order valence-electron chi connectivity index (χ3n) is 3.06. The van der Waals surface area contributed by atoms with E-state index in [-0.39, 0.29) is 5.91 Å². The lowest BCUT2D eigenvalue weighted by molar-refractivity contribution is -0.136. The largest absolute Gasteiger partial charge is 0.322 e. The summed E-state index contributed by atoms with van der Waals surface area (Å²) in [6.45, 7) is 3.93. The molecule has 0 aromatic rings. The molecule has 17 heavy (non-hydrogen) atoms. The lowest BCUT2D eigenvalue weighted by atomic mass is 9.98. The Bertz CT molecular complexity index is 392. The molecule has 2 atom stereocenters. The Morgan fingerprint density at radius 3 is 2.65 bits per heavy atom. The Kier molecular flexibility index (Phi) is 4.49. The van der Waals surface area contributed by atoms with Gasteiger partial charge in [0.2, 0.25) is 5.91 Å². The SMILES string of the molecule is CCC(C)(N)C(=O)N1CCSCC1S(C)(=O)=O. The van der Waals surface area contributed by atoms with Gasteiger partial charge in [0, 0.05) is 24.3 Å². The lowest BCUT2D eigenvalue weighted by Gasteiger charge is -2.38. The number of hydrogen-bond donors (Lipinski definition) is 1. The summed E-state index contributed by atoms with van der Waals surface area (Å²) in [5.74, 6) is 0.929. The Morgan fingerprint density at radius 1 is 1.59 bits per heavy atom. The quantitative estimate of drug-likeness (QED) is 0.790. The van der Waals surface area contributed by atoms with Gasteiger partial charge in [-0.15, -0.1) is 0 Å². The summed E-state index contributed by atoms with van der Waals surface area (Å²) in [5, 5.41) is -0.733. The van der Waals surface area contributed by atoms with Crippen LogP contribution in [0.1, 0.15) is 20.3 Å². The molecule has 0 saturated carbocycles. The van der Waals surface area contributed by atoms with Crippen molar-refractivity contribution in [2.45, 2.75) is 31.2 Å². The molecule has 1 saturated heterocycles. The summed E-state index contributed by atoms with van der Waals surface area (Å²) in [6, 6.07) is 0. The third-order valence-corrected chi connectivity index (χ3v) is 5.71. The number of nitrogens with two attached hydrogens (primary N) is 1. The molecule has 0 aromatic heterocycles. The number of carbonyl (C=O) groups excluding carboxylic acids is 1. The molecule has 0 spiro atoms. The van der Waals surface area contributed by atoms with Gasteiger partial charge in [0.25, 0.3) is 0 Å². The van der Waals surface area contributed by atoms with Gasteiger partial charge >= 0.3 is 0 Å². The third kappa shape index (κ3) is 3.35. The van der Waals surface area contributed by atoms with Crippen LogP contribution in [-0.4, -0.2) is 54.4 Å². The number of amides is 1. The zero-order valence-electron chi connectivity index (χ0n) is 10.5. The normalized spacial score (nSPS) is 25.4. The lowest BCUT2D eigenvalue weighted by Crippen LogP contribution is -2.59. The van der Waals surface area contributed by atoms with E-state index in [0.717, 1.165) is 5.75 Å². The fourth-order valence-electron chi connectivity index (χ4n) is 1.65. The molecule has 7 heteroatoms. The van der Waals surface area contributed by atoms with E-state index in [1.165, 1.54) is 11.2 Å². The molecule has 2 N–H and O–H groups in total. The van der Waals surface area contributed by atoms with Crippen molar-refractivity contribution in [1.29, 1.82) is 0 Å². The second-order valence-corrected chi connectivity index (χ2v) is 7.98. The maximum Gasteiger partial charge on any atom is 0.243 e. The van der Waals surface area contributed by atoms with Crippen molar-refractivity contribution in [3.05, 3.63) is 0 Å². The van der Waals surface area contributed by atoms with Gasteiger partial charge in [-0.05, 0) is 13.3 Å². The second-order valence-electron chi connectivity index (χ2n) is 4.63. The Morgan fingerprint density at radius 2 is 2.18 bits per heavy atom. The first-order valence-electron chi connectivity index (χ1n) is 5.56. The summed E-state index contributed by atoms with van der Waals surface area (Å²) < 4.78 is 23.3. The molecular weight excluding hydrogens is 260 g/mol. The first-order chi connectivity index (χ1) is 7.70. The number of sulfone groups is 1. The maximum atomic E-state index is 12.2. The van der Waals surface area contributed by atoms with Gasteiger partial charge in [-0.1, -0.05) is 6.92 Å². The molecule has 0 aromatic carbocycles. The monoisotopic (exact) mass is 280 g/mol. The van der Waals surface area contributed by atoms with Crippen LogP contribution in [0.3, 0.4) is 0 Å². The number of thioether (sulfide) groups is 1. The average molecular weight is 280 g/mol. The molecule has 0 bridgehead atoms. The molecule has 1 aliphatic heterocycles. The predicted octanol–water partition coefficient (Wildman–Crippen LogP) is 0.0599. The number of carbonyl (C=O) groups is 1. The maximum absolute atomic E-state index is 12.2. The van der Waals surface area contributed by atoms with E-state index in [1.54, 1.807) is 18.7 Å². The summed E-state index contributed by atoms with van der Waals surface area (Å²) >= 11 is 1.56. The molecule has 0 aliphatic carbocycles. The predicted molar refractivity (Wildman–Crippen MR) is 70.6 cm³/mol. The van der Waals surface area contributed by atoms with Crippen molar-refractivity contribution < 1.29 is 13.2 Å². The van der Waals surface area contributed by atoms with Crippen molar-refractivity contribution in [2.75, 3.05) is 24.3 Å². The zero-order chi connectivity index (χ0) is 13.3. The molecule has 1 aliphatic rings. The zero-order valence-corrected chi connectivity index (χ0v) is 12.1. The summed E-state index contributed by atoms with van der Waals surface area (Å²) in [7, 11) is -3.26. The van der Waals surface area contributed by atoms with Crippen LogP contribution in [0.5, 0.6) is 0 Å². The van der Waals surface area contributed by atoms with E-state index >= 15 is 0 Å². The number of nitrogens with zero attached hydrogens (tertiary/aromatic N) is 1. The minimum absolute atomic E-state index is 0.268. The highest BCUT2D eigenvalue weighted by Crippen LogP contribution is 2.23. The summed E-state index contributed by atoms with van der Waals surface area (Å²) in [4.78, 5) is 13.7. The minimum Gasteiger partial charge on any atom is -0.322 e. The van der Waals surface area contributed by atoms with Gasteiger partial charge in [0.05, 0.1) is 5.54 Å². The van der Waals surface area contributed by atoms with Gasteiger partial charge in [-0.25, -0.2) is 8.42 Å². The first kappa shape index (κ1) is 14.8. The van der Waals surface area contributed by atoms with Crippen molar-refractivity contribution in [2.24, 2.45) is 5.73 Å². The van der Waals surface area contributed by atoms with Gasteiger partial charge in [0.1, 0.15) is 5.37 Å². The highest BCUT2D eigenvalue weighted by Gasteiger charge is 2.39. The Labute approximate surface area is 107 Å². The fourth-order valence-corrected chi connectivity index (χ4v) is 4.46. The Balaban J connectivity index is 2.97. The van der Waals surface area contributed by atoms with Crippen LogP contribution in [0.4, 0.5) is 0 Å². The molecule has 100 valence electrons. The van der Waals surface area contributed by atoms with E-state index in [0.29, 0.717) is 18.7 Å². The number of rotatable bonds is 3. The fraction of sp³-hybridized carbons (Fsp3) is 0.900. The van der Waals surface area contributed by atoms with E-state index in [1.807, 2.05) is 6.92 Å². The summed E-state index contributed by atoms with van der Waals surface area (Å²) in [5.41, 5.74) is 4.92. The van der Waals surface area contributed by atoms with Gasteiger partial charge in [-0.2, -0.15) is 11.8 Å². The van der Waals surface area contributed by atoms with Crippen molar-refractivity contribution in [1.82, 2.24) is 4.90 Å². The van der Waals surface area contributed by atoms with Gasteiger partial charge < -0.3 is 10.6 Å². The van der Waals surface area contributed by atoms with E-state index in [9.17, 15) is 13.2 Å². The molecule has 1 heterocycles. The molecule has 1 rings (SSSR count). The number of hydrogen-bond acceptors (Lipinski definition) is 5. The smallest absolute Gasteiger partial charge is 0.243 e. The van der Waals surface area contributed by atoms with Crippen LogP contribution in [0.25, 0.3) is 0 Å². The standard InChI is InChI=1S/C10H20N2O3S2/c1-4-10(2,11)9(13)12-5-6-16-7-8(12)17(3,14)15/h8H,4-7,11H2,1-3H3. The van der Waals surface area contributed by atoms with E-state index in [2.05, 4.69) is 0 Å². The van der Waals surface area contributed by atoms with Gasteiger partial charge in [-0.3, -0.25) is 4.79 Å². The minimum atomic E-state index is -3.26. The molecular formula is C10H20N2O3S2. The second kappa shape index (κ2) is 5.16. The molecule has 2 unspecified atom stereocenters. The molecule has 1 fully saturated rings. The molecule has 0 radical (unpaired) electrons. The van der Waals surface area contributed by atoms with Crippen LogP contribution in [-0.2, 0) is 14.6 Å². The first-order valence-corrected chi connectivity index (χ1v) is 8.67. The van der Waals surface area contributed by atoms with Crippen LogP contribution in [0.15, 0.2) is 0 Å². The average Bonchev–Trinajstić information content (AvgIpc) is 2.27. The topological polar surface area (TPSA) is 80.5 Å². The summed E-state index contributed by atoms with van der Waals surface area (Å²) in [6.07, 6.45) is 1.66. The van der Waals surface area contributed by atoms with E-state index in [4.69, 9.17) is 5.73 Å². The highest BCUT2D eigenvalue weighted by molar-refractivity contribution is 8.00. The molecule has 1 amide bonds. The van der Waals surface area contributed by atoms with Crippen molar-refractivity contribution in [3.63, 3.8) is 0 Å². The van der Waals surface area contributed by atoms with Crippen LogP contribution < -0.4 is 5.73 Å². The van der Waals surface area contributed by atoms with Crippen LogP contribution >= 0.6 is 11.8 Å².